The maximum Gasteiger partial charge on any atom is 0.335 e. The smallest absolute Gasteiger partial charge is 0.335 e. The molecule has 1 aromatic rings. The van der Waals surface area contributed by atoms with Gasteiger partial charge in [0.1, 0.15) is 12.4 Å². The Kier molecular flexibility index (Phi) is 4.54. The second kappa shape index (κ2) is 5.92. The first-order valence-corrected chi connectivity index (χ1v) is 4.77. The Hall–Kier alpha value is -1.81. The molecule has 0 aliphatic rings. The molecule has 0 amide bonds. The maximum atomic E-state index is 10.9. The van der Waals surface area contributed by atoms with Crippen molar-refractivity contribution < 1.29 is 19.4 Å². The van der Waals surface area contributed by atoms with Gasteiger partial charge in [0.2, 0.25) is 0 Å². The average Bonchev–Trinajstić information content (AvgIpc) is 2.26. The lowest BCUT2D eigenvalue weighted by molar-refractivity contribution is 0.0696. The van der Waals surface area contributed by atoms with E-state index in [0.29, 0.717) is 19.0 Å². The summed E-state index contributed by atoms with van der Waals surface area (Å²) in [6, 6.07) is 4.79. The Bertz CT molecular complexity index is 385. The molecule has 0 aliphatic carbocycles. The lowest BCUT2D eigenvalue weighted by Gasteiger charge is -2.07. The summed E-state index contributed by atoms with van der Waals surface area (Å²) in [4.78, 5) is 10.9. The van der Waals surface area contributed by atoms with Crippen LogP contribution in [0.15, 0.2) is 30.9 Å². The highest BCUT2D eigenvalue weighted by Crippen LogP contribution is 2.18. The number of carbonyl (C=O) groups is 1. The molecule has 0 aliphatic heterocycles. The van der Waals surface area contributed by atoms with Crippen LogP contribution < -0.4 is 4.74 Å². The molecule has 0 atom stereocenters. The number of aromatic carboxylic acids is 1. The van der Waals surface area contributed by atoms with Gasteiger partial charge in [0.05, 0.1) is 12.2 Å². The number of hydrogen-bond acceptors (Lipinski definition) is 3. The number of carboxylic acids is 1. The van der Waals surface area contributed by atoms with E-state index >= 15 is 0 Å². The molecule has 0 radical (unpaired) electrons. The van der Waals surface area contributed by atoms with Gasteiger partial charge in [-0.05, 0) is 23.8 Å². The largest absolute Gasteiger partial charge is 0.490 e. The van der Waals surface area contributed by atoms with Gasteiger partial charge in [-0.25, -0.2) is 4.79 Å². The highest BCUT2D eigenvalue weighted by molar-refractivity contribution is 5.88. The van der Waals surface area contributed by atoms with E-state index < -0.39 is 5.97 Å². The van der Waals surface area contributed by atoms with Gasteiger partial charge in [-0.2, -0.15) is 0 Å². The fourth-order valence-corrected chi connectivity index (χ4v) is 1.27. The summed E-state index contributed by atoms with van der Waals surface area (Å²) in [5, 5.41) is 8.91. The first-order valence-electron chi connectivity index (χ1n) is 4.77. The van der Waals surface area contributed by atoms with Crippen molar-refractivity contribution in [1.82, 2.24) is 0 Å². The van der Waals surface area contributed by atoms with Crippen molar-refractivity contribution in [2.75, 3.05) is 13.7 Å². The van der Waals surface area contributed by atoms with Gasteiger partial charge in [0.25, 0.3) is 0 Å². The van der Waals surface area contributed by atoms with E-state index in [9.17, 15) is 4.79 Å². The van der Waals surface area contributed by atoms with Crippen LogP contribution in [0.4, 0.5) is 0 Å². The van der Waals surface area contributed by atoms with Gasteiger partial charge in [-0.3, -0.25) is 0 Å². The van der Waals surface area contributed by atoms with Crippen LogP contribution in [0.1, 0.15) is 15.9 Å². The molecule has 0 bridgehead atoms. The predicted molar refractivity (Wildman–Crippen MR) is 59.8 cm³/mol. The van der Waals surface area contributed by atoms with Crippen LogP contribution >= 0.6 is 0 Å². The molecule has 16 heavy (non-hydrogen) atoms. The molecular weight excluding hydrogens is 208 g/mol. The summed E-state index contributed by atoms with van der Waals surface area (Å²) >= 11 is 0. The first kappa shape index (κ1) is 12.3. The maximum absolute atomic E-state index is 10.9. The van der Waals surface area contributed by atoms with Crippen molar-refractivity contribution in [3.8, 4) is 5.75 Å². The zero-order chi connectivity index (χ0) is 12.0. The lowest BCUT2D eigenvalue weighted by atomic mass is 10.1. The summed E-state index contributed by atoms with van der Waals surface area (Å²) < 4.78 is 10.2. The molecule has 0 saturated carbocycles. The molecule has 4 nitrogen and oxygen atoms in total. The van der Waals surface area contributed by atoms with Crippen LogP contribution in [0.25, 0.3) is 0 Å². The molecule has 4 heteroatoms. The molecule has 0 unspecified atom stereocenters. The molecule has 0 heterocycles. The SMILES string of the molecule is C=CCOc1cc(COC)cc(C(=O)O)c1. The standard InChI is InChI=1S/C12H14O4/c1-3-4-16-11-6-9(8-15-2)5-10(7-11)12(13)14/h3,5-7H,1,4,8H2,2H3,(H,13,14). The third-order valence-corrected chi connectivity index (χ3v) is 1.89. The van der Waals surface area contributed by atoms with Crippen LogP contribution in [0.5, 0.6) is 5.75 Å². The highest BCUT2D eigenvalue weighted by atomic mass is 16.5. The minimum absolute atomic E-state index is 0.189. The third-order valence-electron chi connectivity index (χ3n) is 1.89. The molecule has 0 saturated heterocycles. The fourth-order valence-electron chi connectivity index (χ4n) is 1.27. The van der Waals surface area contributed by atoms with Crippen molar-refractivity contribution in [2.45, 2.75) is 6.61 Å². The van der Waals surface area contributed by atoms with Gasteiger partial charge in [-0.1, -0.05) is 12.7 Å². The quantitative estimate of drug-likeness (QED) is 0.749. The minimum atomic E-state index is -0.985. The van der Waals surface area contributed by atoms with Gasteiger partial charge in [-0.15, -0.1) is 0 Å². The van der Waals surface area contributed by atoms with Crippen molar-refractivity contribution in [1.29, 1.82) is 0 Å². The van der Waals surface area contributed by atoms with E-state index in [1.165, 1.54) is 6.07 Å². The summed E-state index contributed by atoms with van der Waals surface area (Å²) in [7, 11) is 1.55. The van der Waals surface area contributed by atoms with E-state index in [1.54, 1.807) is 25.3 Å². The zero-order valence-corrected chi connectivity index (χ0v) is 9.10. The molecule has 86 valence electrons. The summed E-state index contributed by atoms with van der Waals surface area (Å²) in [5.74, 6) is -0.478. The van der Waals surface area contributed by atoms with Gasteiger partial charge >= 0.3 is 5.97 Å². The number of carboxylic acid groups (broad SMARTS) is 1. The number of hydrogen-bond donors (Lipinski definition) is 1. The van der Waals surface area contributed by atoms with Crippen molar-refractivity contribution >= 4 is 5.97 Å². The second-order valence-corrected chi connectivity index (χ2v) is 3.20. The Labute approximate surface area is 94.1 Å². The van der Waals surface area contributed by atoms with Crippen LogP contribution in [0.2, 0.25) is 0 Å². The minimum Gasteiger partial charge on any atom is -0.490 e. The summed E-state index contributed by atoms with van der Waals surface area (Å²) in [6.45, 7) is 4.22. The Balaban J connectivity index is 2.97. The van der Waals surface area contributed by atoms with Crippen LogP contribution in [0, 0.1) is 0 Å². The van der Waals surface area contributed by atoms with Gasteiger partial charge in [0.15, 0.2) is 0 Å². The fraction of sp³-hybridized carbons (Fsp3) is 0.250. The Morgan fingerprint density at radius 1 is 1.50 bits per heavy atom. The lowest BCUT2D eigenvalue weighted by Crippen LogP contribution is -2.01. The summed E-state index contributed by atoms with van der Waals surface area (Å²) in [5.41, 5.74) is 0.954. The number of benzene rings is 1. The molecule has 1 aromatic carbocycles. The predicted octanol–water partition coefficient (Wildman–Crippen LogP) is 2.10. The number of methoxy groups -OCH3 is 1. The van der Waals surface area contributed by atoms with E-state index in [-0.39, 0.29) is 5.56 Å². The highest BCUT2D eigenvalue weighted by Gasteiger charge is 2.07. The number of rotatable bonds is 6. The van der Waals surface area contributed by atoms with Gasteiger partial charge in [0, 0.05) is 7.11 Å². The normalized spacial score (nSPS) is 9.81. The molecule has 0 fully saturated rings. The third kappa shape index (κ3) is 3.40. The number of ether oxygens (including phenoxy) is 2. The van der Waals surface area contributed by atoms with Crippen LogP contribution in [-0.4, -0.2) is 24.8 Å². The van der Waals surface area contributed by atoms with Crippen molar-refractivity contribution in [3.63, 3.8) is 0 Å². The molecular formula is C12H14O4. The monoisotopic (exact) mass is 222 g/mol. The van der Waals surface area contributed by atoms with E-state index in [1.807, 2.05) is 0 Å². The second-order valence-electron chi connectivity index (χ2n) is 3.20. The average molecular weight is 222 g/mol. The first-order chi connectivity index (χ1) is 7.67. The van der Waals surface area contributed by atoms with Crippen LogP contribution in [0.3, 0.4) is 0 Å². The van der Waals surface area contributed by atoms with E-state index in [4.69, 9.17) is 14.6 Å². The van der Waals surface area contributed by atoms with Crippen molar-refractivity contribution in [3.05, 3.63) is 42.0 Å². The van der Waals surface area contributed by atoms with E-state index in [2.05, 4.69) is 6.58 Å². The zero-order valence-electron chi connectivity index (χ0n) is 9.10. The molecule has 0 aromatic heterocycles. The summed E-state index contributed by atoms with van der Waals surface area (Å²) in [6.07, 6.45) is 1.60. The molecule has 0 spiro atoms. The molecule has 1 rings (SSSR count). The van der Waals surface area contributed by atoms with Crippen LogP contribution in [-0.2, 0) is 11.3 Å². The van der Waals surface area contributed by atoms with Gasteiger partial charge < -0.3 is 14.6 Å². The molecule has 1 N–H and O–H groups in total. The van der Waals surface area contributed by atoms with Crippen molar-refractivity contribution in [2.24, 2.45) is 0 Å². The topological polar surface area (TPSA) is 55.8 Å². The van der Waals surface area contributed by atoms with E-state index in [0.717, 1.165) is 5.56 Å². The Morgan fingerprint density at radius 3 is 2.81 bits per heavy atom. The Morgan fingerprint density at radius 2 is 2.25 bits per heavy atom.